The van der Waals surface area contributed by atoms with E-state index in [0.29, 0.717) is 33.7 Å². The van der Waals surface area contributed by atoms with E-state index >= 15 is 0 Å². The predicted molar refractivity (Wildman–Crippen MR) is 222 cm³/mol. The molecule has 0 saturated heterocycles. The molecule has 53 heavy (non-hydrogen) atoms. The minimum absolute atomic E-state index is 0.0558. The number of fused-ring (bicyclic) bond motifs is 9. The van der Waals surface area contributed by atoms with Crippen molar-refractivity contribution in [1.82, 2.24) is 0 Å². The lowest BCUT2D eigenvalue weighted by Crippen LogP contribution is -2.10. The van der Waals surface area contributed by atoms with Gasteiger partial charge in [0.25, 0.3) is 0 Å². The molecule has 2 aromatic heterocycles. The molecular weight excluding hydrogens is 647 g/mol. The van der Waals surface area contributed by atoms with Gasteiger partial charge in [-0.05, 0) is 81.3 Å². The van der Waals surface area contributed by atoms with Crippen LogP contribution in [-0.4, -0.2) is 0 Å². The number of para-hydroxylation sites is 2. The summed E-state index contributed by atoms with van der Waals surface area (Å²) in [6, 6.07) is 53.5. The van der Waals surface area contributed by atoms with Gasteiger partial charge in [0.05, 0.1) is 16.6 Å². The molecule has 0 radical (unpaired) electrons. The highest BCUT2D eigenvalue weighted by molar-refractivity contribution is 6.20. The van der Waals surface area contributed by atoms with Crippen LogP contribution in [0.2, 0.25) is 0 Å². The fourth-order valence-electron chi connectivity index (χ4n) is 7.92. The van der Waals surface area contributed by atoms with Crippen LogP contribution >= 0.6 is 0 Å². The van der Waals surface area contributed by atoms with Crippen LogP contribution in [0, 0.1) is 0 Å². The minimum atomic E-state index is -0.283. The number of rotatable bonds is 5. The molecule has 0 spiro atoms. The second kappa shape index (κ2) is 11.7. The number of benzene rings is 9. The molecule has 0 N–H and O–H groups in total. The number of nitrogens with zero attached hydrogens (tertiary/aromatic N) is 1. The Bertz CT molecular complexity index is 3430. The zero-order chi connectivity index (χ0) is 38.4. The van der Waals surface area contributed by atoms with Gasteiger partial charge in [-0.1, -0.05) is 139 Å². The first-order valence-electron chi connectivity index (χ1n) is 19.7. The van der Waals surface area contributed by atoms with Crippen molar-refractivity contribution in [1.29, 1.82) is 0 Å². The quantitative estimate of drug-likeness (QED) is 0.181. The van der Waals surface area contributed by atoms with Crippen molar-refractivity contribution in [2.75, 3.05) is 4.90 Å². The van der Waals surface area contributed by atoms with Gasteiger partial charge in [0, 0.05) is 38.5 Å². The molecule has 0 amide bonds. The monoisotopic (exact) mass is 681 g/mol. The van der Waals surface area contributed by atoms with E-state index in [9.17, 15) is 5.48 Å². The summed E-state index contributed by atoms with van der Waals surface area (Å²) in [6.07, 6.45) is 0. The van der Waals surface area contributed by atoms with Gasteiger partial charge in [0.15, 0.2) is 0 Å². The van der Waals surface area contributed by atoms with Crippen LogP contribution in [0.15, 0.2) is 197 Å². The molecule has 0 aliphatic heterocycles. The van der Waals surface area contributed by atoms with Crippen LogP contribution in [0.25, 0.3) is 87.7 Å². The van der Waals surface area contributed by atoms with Gasteiger partial charge in [-0.25, -0.2) is 0 Å². The summed E-state index contributed by atoms with van der Waals surface area (Å²) < 4.78 is 51.2. The van der Waals surface area contributed by atoms with Crippen molar-refractivity contribution >= 4 is 82.5 Å². The summed E-state index contributed by atoms with van der Waals surface area (Å²) in [7, 11) is 0. The van der Waals surface area contributed by atoms with E-state index in [1.807, 2.05) is 102 Å². The molecule has 0 atom stereocenters. The smallest absolute Gasteiger partial charge is 0.143 e. The van der Waals surface area contributed by atoms with Crippen LogP contribution in [0.1, 0.15) is 5.48 Å². The minimum Gasteiger partial charge on any atom is -0.455 e. The van der Waals surface area contributed by atoms with Crippen molar-refractivity contribution < 1.29 is 14.3 Å². The maximum atomic E-state index is 10.0. The Kier molecular flexibility index (Phi) is 5.71. The summed E-state index contributed by atoms with van der Waals surface area (Å²) in [6.45, 7) is 0. The molecule has 0 unspecified atom stereocenters. The third kappa shape index (κ3) is 4.68. The zero-order valence-corrected chi connectivity index (χ0v) is 28.4. The molecule has 0 aliphatic rings. The summed E-state index contributed by atoms with van der Waals surface area (Å²) in [5, 5.41) is 7.75. The van der Waals surface area contributed by atoms with Gasteiger partial charge in [0.2, 0.25) is 0 Å². The molecular formula is C50H31NO2. The van der Waals surface area contributed by atoms with Gasteiger partial charge in [-0.2, -0.15) is 0 Å². The molecule has 11 aromatic rings. The second-order valence-electron chi connectivity index (χ2n) is 13.3. The van der Waals surface area contributed by atoms with Gasteiger partial charge in [-0.3, -0.25) is 0 Å². The van der Waals surface area contributed by atoms with E-state index in [0.717, 1.165) is 59.8 Å². The zero-order valence-electron chi connectivity index (χ0n) is 32.4. The largest absolute Gasteiger partial charge is 0.455 e. The van der Waals surface area contributed by atoms with E-state index < -0.39 is 0 Å². The molecule has 0 saturated carbocycles. The van der Waals surface area contributed by atoms with E-state index in [-0.39, 0.29) is 35.4 Å². The van der Waals surface area contributed by atoms with Gasteiger partial charge in [-0.15, -0.1) is 0 Å². The van der Waals surface area contributed by atoms with Gasteiger partial charge in [0.1, 0.15) is 22.3 Å². The maximum Gasteiger partial charge on any atom is 0.143 e. The second-order valence-corrected chi connectivity index (χ2v) is 13.3. The Morgan fingerprint density at radius 1 is 0.434 bits per heavy atom. The molecule has 248 valence electrons. The Morgan fingerprint density at radius 2 is 1.11 bits per heavy atom. The van der Waals surface area contributed by atoms with E-state index in [1.165, 1.54) is 0 Å². The SMILES string of the molecule is [2H]c1c([2H])c(-c2cccc3c2oc2ccccc23)c([2H])c(N(c2cccc(-c3cccc4ccccc34)c2)c2cccc3oc4c5ccccc5ccc4c23)c1[2H]. The molecule has 11 rings (SSSR count). The third-order valence-electron chi connectivity index (χ3n) is 10.3. The average Bonchev–Trinajstić information content (AvgIpc) is 3.84. The Morgan fingerprint density at radius 3 is 2.04 bits per heavy atom. The predicted octanol–water partition coefficient (Wildman–Crippen LogP) is 14.6. The number of furan rings is 2. The summed E-state index contributed by atoms with van der Waals surface area (Å²) >= 11 is 0. The third-order valence-corrected chi connectivity index (χ3v) is 10.3. The normalized spacial score (nSPS) is 12.8. The number of hydrogen-bond donors (Lipinski definition) is 0. The van der Waals surface area contributed by atoms with Crippen molar-refractivity contribution in [3.05, 3.63) is 188 Å². The highest BCUT2D eigenvalue weighted by atomic mass is 16.3. The molecule has 0 aliphatic carbocycles. The van der Waals surface area contributed by atoms with Crippen molar-refractivity contribution in [2.45, 2.75) is 0 Å². The van der Waals surface area contributed by atoms with Crippen molar-refractivity contribution in [2.24, 2.45) is 0 Å². The molecule has 0 fully saturated rings. The van der Waals surface area contributed by atoms with E-state index in [1.54, 1.807) is 0 Å². The van der Waals surface area contributed by atoms with Crippen LogP contribution in [0.3, 0.4) is 0 Å². The Labute approximate surface area is 311 Å². The standard InChI is InChI=1S/C50H31NO2/c1-3-19-38-32(12-1)14-9-22-39(38)34-15-7-17-36(30-34)51(45-25-11-27-47-48(45)44-29-28-33-13-2-4-20-40(33)50(44)53-47)37-18-8-16-35(31-37)41-23-10-24-43-42-21-5-6-26-46(42)52-49(41)43/h1-31H/i8D,16D,18D,31D. The first kappa shape index (κ1) is 25.8. The fourth-order valence-corrected chi connectivity index (χ4v) is 7.92. The molecule has 0 bridgehead atoms. The maximum absolute atomic E-state index is 10.0. The molecule has 3 heteroatoms. The van der Waals surface area contributed by atoms with Crippen LogP contribution in [0.5, 0.6) is 0 Å². The average molecular weight is 682 g/mol. The summed E-state index contributed by atoms with van der Waals surface area (Å²) in [5.41, 5.74) is 6.93. The highest BCUT2D eigenvalue weighted by Crippen LogP contribution is 2.46. The van der Waals surface area contributed by atoms with Gasteiger partial charge < -0.3 is 13.7 Å². The lowest BCUT2D eigenvalue weighted by molar-refractivity contribution is 0.670. The van der Waals surface area contributed by atoms with E-state index in [2.05, 4.69) is 66.7 Å². The number of anilines is 3. The van der Waals surface area contributed by atoms with Crippen molar-refractivity contribution in [3.63, 3.8) is 0 Å². The Balaban J connectivity index is 1.23. The topological polar surface area (TPSA) is 29.5 Å². The van der Waals surface area contributed by atoms with E-state index in [4.69, 9.17) is 8.83 Å². The lowest BCUT2D eigenvalue weighted by Gasteiger charge is -2.27. The number of hydrogen-bond acceptors (Lipinski definition) is 3. The summed E-state index contributed by atoms with van der Waals surface area (Å²) in [5.74, 6) is 0. The molecule has 3 nitrogen and oxygen atoms in total. The fraction of sp³-hybridized carbons (Fsp3) is 0. The summed E-state index contributed by atoms with van der Waals surface area (Å²) in [4.78, 5) is 1.91. The first-order chi connectivity index (χ1) is 28.0. The van der Waals surface area contributed by atoms with Gasteiger partial charge >= 0.3 is 0 Å². The van der Waals surface area contributed by atoms with Crippen LogP contribution in [-0.2, 0) is 0 Å². The Hall–Kier alpha value is -7.10. The highest BCUT2D eigenvalue weighted by Gasteiger charge is 2.22. The molecule has 9 aromatic carbocycles. The van der Waals surface area contributed by atoms with Crippen molar-refractivity contribution in [3.8, 4) is 22.3 Å². The first-order valence-corrected chi connectivity index (χ1v) is 17.7. The lowest BCUT2D eigenvalue weighted by atomic mass is 9.97. The van der Waals surface area contributed by atoms with Crippen LogP contribution in [0.4, 0.5) is 17.1 Å². The molecule has 2 heterocycles. The van der Waals surface area contributed by atoms with Crippen LogP contribution < -0.4 is 4.90 Å².